The molecule has 2 fully saturated rings. The lowest BCUT2D eigenvalue weighted by molar-refractivity contribution is 0.340. The summed E-state index contributed by atoms with van der Waals surface area (Å²) < 4.78 is 0. The fourth-order valence-corrected chi connectivity index (χ4v) is 2.57. The number of fused-ring (bicyclic) bond motifs is 1. The lowest BCUT2D eigenvalue weighted by Crippen LogP contribution is -2.40. The minimum Gasteiger partial charge on any atom is -0.339 e. The summed E-state index contributed by atoms with van der Waals surface area (Å²) in [5, 5.41) is 10.4. The van der Waals surface area contributed by atoms with Crippen molar-refractivity contribution in [1.29, 1.82) is 0 Å². The number of piperidine rings is 1. The van der Waals surface area contributed by atoms with Crippen LogP contribution in [-0.4, -0.2) is 40.9 Å². The highest BCUT2D eigenvalue weighted by atomic mass is 15.4. The molecule has 0 spiro atoms. The second kappa shape index (κ2) is 3.24. The number of anilines is 1. The molecule has 76 valence electrons. The Kier molecular flexibility index (Phi) is 1.90. The minimum absolute atomic E-state index is 0.661. The van der Waals surface area contributed by atoms with Gasteiger partial charge in [-0.3, -0.25) is 0 Å². The molecular formula is C9H15N5. The van der Waals surface area contributed by atoms with Crippen molar-refractivity contribution in [2.45, 2.75) is 18.9 Å². The number of hydrogen-bond acceptors (Lipinski definition) is 4. The molecule has 1 aromatic rings. The van der Waals surface area contributed by atoms with E-state index in [0.717, 1.165) is 25.0 Å². The van der Waals surface area contributed by atoms with Crippen LogP contribution in [0.2, 0.25) is 0 Å². The monoisotopic (exact) mass is 193 g/mol. The molecule has 2 N–H and O–H groups in total. The zero-order chi connectivity index (χ0) is 9.38. The standard InChI is InChI=1S/C9H15N5/c1-2-7-4-14(5-8(7)10-3-1)9-11-6-12-13-9/h6-8,10H,1-5H2,(H,11,12,13). The topological polar surface area (TPSA) is 56.8 Å². The summed E-state index contributed by atoms with van der Waals surface area (Å²) in [6.07, 6.45) is 4.23. The molecule has 0 aromatic carbocycles. The Labute approximate surface area is 82.9 Å². The number of aromatic nitrogens is 3. The molecule has 0 aliphatic carbocycles. The number of rotatable bonds is 1. The van der Waals surface area contributed by atoms with Crippen LogP contribution in [0, 0.1) is 5.92 Å². The number of aromatic amines is 1. The molecule has 0 radical (unpaired) electrons. The lowest BCUT2D eigenvalue weighted by Gasteiger charge is -2.24. The Bertz CT molecular complexity index is 282. The lowest BCUT2D eigenvalue weighted by atomic mass is 9.94. The highest BCUT2D eigenvalue weighted by Gasteiger charge is 2.35. The molecule has 2 unspecified atom stereocenters. The number of hydrogen-bond donors (Lipinski definition) is 2. The van der Waals surface area contributed by atoms with Gasteiger partial charge in [-0.15, -0.1) is 0 Å². The van der Waals surface area contributed by atoms with E-state index in [9.17, 15) is 0 Å². The van der Waals surface area contributed by atoms with Gasteiger partial charge in [0.1, 0.15) is 6.33 Å². The predicted molar refractivity (Wildman–Crippen MR) is 53.1 cm³/mol. The van der Waals surface area contributed by atoms with E-state index in [1.54, 1.807) is 6.33 Å². The Morgan fingerprint density at radius 3 is 3.21 bits per heavy atom. The SMILES string of the molecule is c1n[nH]c(N2CC3CCCNC3C2)n1. The molecule has 5 nitrogen and oxygen atoms in total. The van der Waals surface area contributed by atoms with Gasteiger partial charge in [-0.05, 0) is 25.3 Å². The van der Waals surface area contributed by atoms with E-state index < -0.39 is 0 Å². The van der Waals surface area contributed by atoms with E-state index in [-0.39, 0.29) is 0 Å². The quantitative estimate of drug-likeness (QED) is 0.659. The first-order valence-electron chi connectivity index (χ1n) is 5.27. The fourth-order valence-electron chi connectivity index (χ4n) is 2.57. The van der Waals surface area contributed by atoms with Crippen molar-refractivity contribution in [2.24, 2.45) is 5.92 Å². The van der Waals surface area contributed by atoms with Crippen molar-refractivity contribution in [3.63, 3.8) is 0 Å². The van der Waals surface area contributed by atoms with Crippen LogP contribution in [0.15, 0.2) is 6.33 Å². The molecule has 2 aliphatic rings. The van der Waals surface area contributed by atoms with Crippen molar-refractivity contribution >= 4 is 5.95 Å². The fraction of sp³-hybridized carbons (Fsp3) is 0.778. The average molecular weight is 193 g/mol. The Morgan fingerprint density at radius 1 is 1.43 bits per heavy atom. The van der Waals surface area contributed by atoms with Gasteiger partial charge in [-0.2, -0.15) is 10.1 Å². The first kappa shape index (κ1) is 8.23. The summed E-state index contributed by atoms with van der Waals surface area (Å²) in [6, 6.07) is 0.661. The minimum atomic E-state index is 0.661. The number of nitrogens with zero attached hydrogens (tertiary/aromatic N) is 3. The average Bonchev–Trinajstić information content (AvgIpc) is 2.86. The van der Waals surface area contributed by atoms with E-state index in [1.807, 2.05) is 0 Å². The van der Waals surface area contributed by atoms with Crippen LogP contribution >= 0.6 is 0 Å². The van der Waals surface area contributed by atoms with Gasteiger partial charge >= 0.3 is 0 Å². The maximum absolute atomic E-state index is 4.19. The summed E-state index contributed by atoms with van der Waals surface area (Å²) in [7, 11) is 0. The highest BCUT2D eigenvalue weighted by Crippen LogP contribution is 2.26. The van der Waals surface area contributed by atoms with Gasteiger partial charge in [0.25, 0.3) is 0 Å². The summed E-state index contributed by atoms with van der Waals surface area (Å²) in [6.45, 7) is 3.36. The molecule has 2 saturated heterocycles. The Balaban J connectivity index is 1.74. The van der Waals surface area contributed by atoms with Crippen molar-refractivity contribution in [2.75, 3.05) is 24.5 Å². The molecular weight excluding hydrogens is 178 g/mol. The molecule has 1 aromatic heterocycles. The third-order valence-electron chi connectivity index (χ3n) is 3.30. The van der Waals surface area contributed by atoms with Gasteiger partial charge in [-0.1, -0.05) is 0 Å². The second-order valence-corrected chi connectivity index (χ2v) is 4.18. The summed E-state index contributed by atoms with van der Waals surface area (Å²) in [5.41, 5.74) is 0. The number of nitrogens with one attached hydrogen (secondary N) is 2. The largest absolute Gasteiger partial charge is 0.339 e. The molecule has 2 atom stereocenters. The van der Waals surface area contributed by atoms with Crippen LogP contribution in [0.5, 0.6) is 0 Å². The zero-order valence-corrected chi connectivity index (χ0v) is 8.11. The van der Waals surface area contributed by atoms with Crippen LogP contribution in [0.1, 0.15) is 12.8 Å². The second-order valence-electron chi connectivity index (χ2n) is 4.18. The molecule has 5 heteroatoms. The maximum Gasteiger partial charge on any atom is 0.221 e. The molecule has 0 saturated carbocycles. The third-order valence-corrected chi connectivity index (χ3v) is 3.30. The molecule has 2 aliphatic heterocycles. The van der Waals surface area contributed by atoms with E-state index in [1.165, 1.54) is 19.4 Å². The van der Waals surface area contributed by atoms with Crippen molar-refractivity contribution < 1.29 is 0 Å². The van der Waals surface area contributed by atoms with Gasteiger partial charge in [0.2, 0.25) is 5.95 Å². The first-order chi connectivity index (χ1) is 6.93. The van der Waals surface area contributed by atoms with Gasteiger partial charge < -0.3 is 10.2 Å². The van der Waals surface area contributed by atoms with E-state index in [4.69, 9.17) is 0 Å². The predicted octanol–water partition coefficient (Wildman–Crippen LogP) is -0.00710. The van der Waals surface area contributed by atoms with Crippen LogP contribution < -0.4 is 10.2 Å². The van der Waals surface area contributed by atoms with E-state index in [0.29, 0.717) is 6.04 Å². The van der Waals surface area contributed by atoms with Gasteiger partial charge in [0.05, 0.1) is 0 Å². The number of H-pyrrole nitrogens is 1. The Hall–Kier alpha value is -1.10. The zero-order valence-electron chi connectivity index (χ0n) is 8.11. The van der Waals surface area contributed by atoms with E-state index >= 15 is 0 Å². The molecule has 0 amide bonds. The third kappa shape index (κ3) is 1.28. The highest BCUT2D eigenvalue weighted by molar-refractivity contribution is 5.31. The van der Waals surface area contributed by atoms with Gasteiger partial charge in [0.15, 0.2) is 0 Å². The van der Waals surface area contributed by atoms with Crippen molar-refractivity contribution in [3.8, 4) is 0 Å². The summed E-state index contributed by atoms with van der Waals surface area (Å²) in [5.74, 6) is 1.72. The van der Waals surface area contributed by atoms with Crippen LogP contribution in [-0.2, 0) is 0 Å². The first-order valence-corrected chi connectivity index (χ1v) is 5.27. The van der Waals surface area contributed by atoms with Crippen LogP contribution in [0.4, 0.5) is 5.95 Å². The van der Waals surface area contributed by atoms with Gasteiger partial charge in [-0.25, -0.2) is 5.10 Å². The molecule has 14 heavy (non-hydrogen) atoms. The van der Waals surface area contributed by atoms with E-state index in [2.05, 4.69) is 25.4 Å². The van der Waals surface area contributed by atoms with Crippen LogP contribution in [0.3, 0.4) is 0 Å². The molecule has 3 heterocycles. The smallest absolute Gasteiger partial charge is 0.221 e. The normalized spacial score (nSPS) is 31.9. The molecule has 0 bridgehead atoms. The Morgan fingerprint density at radius 2 is 2.43 bits per heavy atom. The summed E-state index contributed by atoms with van der Waals surface area (Å²) >= 11 is 0. The van der Waals surface area contributed by atoms with Crippen LogP contribution in [0.25, 0.3) is 0 Å². The maximum atomic E-state index is 4.19. The summed E-state index contributed by atoms with van der Waals surface area (Å²) in [4.78, 5) is 6.48. The van der Waals surface area contributed by atoms with Gasteiger partial charge in [0, 0.05) is 19.1 Å². The van der Waals surface area contributed by atoms with Crippen molar-refractivity contribution in [1.82, 2.24) is 20.5 Å². The molecule has 3 rings (SSSR count). The van der Waals surface area contributed by atoms with Crippen molar-refractivity contribution in [3.05, 3.63) is 6.33 Å².